The molecule has 0 aromatic rings. The van der Waals surface area contributed by atoms with E-state index in [2.05, 4.69) is 22.5 Å². The summed E-state index contributed by atoms with van der Waals surface area (Å²) in [4.78, 5) is 14.7. The van der Waals surface area contributed by atoms with Crippen molar-refractivity contribution in [2.45, 2.75) is 64.0 Å². The van der Waals surface area contributed by atoms with E-state index in [1.54, 1.807) is 0 Å². The summed E-state index contributed by atoms with van der Waals surface area (Å²) < 4.78 is 5.34. The highest BCUT2D eigenvalue weighted by molar-refractivity contribution is 5.74. The molecule has 0 spiro atoms. The lowest BCUT2D eigenvalue weighted by molar-refractivity contribution is 0.106. The van der Waals surface area contributed by atoms with Crippen molar-refractivity contribution in [2.24, 2.45) is 11.8 Å². The molecule has 2 aliphatic heterocycles. The SMILES string of the molecule is CC1CCC(N2CCC(NC(=O)NC[C@@H]3CCOC3)CC2)CC1. The van der Waals surface area contributed by atoms with Gasteiger partial charge >= 0.3 is 6.03 Å². The number of likely N-dealkylation sites (tertiary alicyclic amines) is 1. The van der Waals surface area contributed by atoms with Gasteiger partial charge in [0.15, 0.2) is 0 Å². The topological polar surface area (TPSA) is 53.6 Å². The van der Waals surface area contributed by atoms with Gasteiger partial charge in [0.05, 0.1) is 6.61 Å². The minimum atomic E-state index is 0.00170. The third-order valence-electron chi connectivity index (χ3n) is 5.94. The Morgan fingerprint density at radius 3 is 2.48 bits per heavy atom. The van der Waals surface area contributed by atoms with Crippen LogP contribution in [0.1, 0.15) is 51.9 Å². The van der Waals surface area contributed by atoms with Crippen LogP contribution in [0.15, 0.2) is 0 Å². The first kappa shape index (κ1) is 17.0. The van der Waals surface area contributed by atoms with Crippen molar-refractivity contribution >= 4 is 6.03 Å². The molecule has 3 rings (SSSR count). The van der Waals surface area contributed by atoms with Gasteiger partial charge in [0, 0.05) is 44.2 Å². The Hall–Kier alpha value is -0.810. The van der Waals surface area contributed by atoms with Crippen molar-refractivity contribution in [3.63, 3.8) is 0 Å². The zero-order chi connectivity index (χ0) is 16.1. The zero-order valence-electron chi connectivity index (χ0n) is 14.6. The molecule has 0 radical (unpaired) electrons. The fourth-order valence-electron chi connectivity index (χ4n) is 4.23. The highest BCUT2D eigenvalue weighted by Gasteiger charge is 2.28. The van der Waals surface area contributed by atoms with Crippen molar-refractivity contribution in [1.82, 2.24) is 15.5 Å². The number of piperidine rings is 1. The number of carbonyl (C=O) groups is 1. The molecule has 0 aromatic carbocycles. The van der Waals surface area contributed by atoms with Crippen LogP contribution < -0.4 is 10.6 Å². The number of nitrogens with one attached hydrogen (secondary N) is 2. The molecule has 2 amide bonds. The summed E-state index contributed by atoms with van der Waals surface area (Å²) in [6.45, 7) is 7.03. The average Bonchev–Trinajstić information content (AvgIpc) is 3.08. The molecule has 0 unspecified atom stereocenters. The predicted molar refractivity (Wildman–Crippen MR) is 91.5 cm³/mol. The second kappa shape index (κ2) is 8.34. The standard InChI is InChI=1S/C18H33N3O2/c1-14-2-4-17(5-3-14)21-9-6-16(7-10-21)20-18(22)19-12-15-8-11-23-13-15/h14-17H,2-13H2,1H3,(H2,19,20,22)/t14?,15-,17?/m0/s1. The van der Waals surface area contributed by atoms with Gasteiger partial charge in [-0.25, -0.2) is 4.79 Å². The number of amides is 2. The Morgan fingerprint density at radius 1 is 1.09 bits per heavy atom. The lowest BCUT2D eigenvalue weighted by Gasteiger charge is -2.40. The largest absolute Gasteiger partial charge is 0.381 e. The molecule has 0 bridgehead atoms. The van der Waals surface area contributed by atoms with E-state index in [4.69, 9.17) is 4.74 Å². The monoisotopic (exact) mass is 323 g/mol. The Bertz CT molecular complexity index is 368. The van der Waals surface area contributed by atoms with Crippen LogP contribution in [0.25, 0.3) is 0 Å². The van der Waals surface area contributed by atoms with Crippen LogP contribution in [-0.4, -0.2) is 55.9 Å². The van der Waals surface area contributed by atoms with Crippen molar-refractivity contribution in [2.75, 3.05) is 32.8 Å². The molecule has 5 nitrogen and oxygen atoms in total. The fraction of sp³-hybridized carbons (Fsp3) is 0.944. The second-order valence-electron chi connectivity index (χ2n) is 7.81. The number of ether oxygens (including phenoxy) is 1. The lowest BCUT2D eigenvalue weighted by atomic mass is 9.85. The van der Waals surface area contributed by atoms with Crippen molar-refractivity contribution in [1.29, 1.82) is 0 Å². The minimum Gasteiger partial charge on any atom is -0.381 e. The number of hydrogen-bond donors (Lipinski definition) is 2. The molecule has 5 heteroatoms. The molecular formula is C18H33N3O2. The van der Waals surface area contributed by atoms with Crippen LogP contribution in [0.2, 0.25) is 0 Å². The van der Waals surface area contributed by atoms with Crippen LogP contribution in [0.5, 0.6) is 0 Å². The van der Waals surface area contributed by atoms with Gasteiger partial charge in [0.2, 0.25) is 0 Å². The zero-order valence-corrected chi connectivity index (χ0v) is 14.6. The molecule has 0 aromatic heterocycles. The normalized spacial score (nSPS) is 33.5. The molecule has 3 fully saturated rings. The molecule has 132 valence electrons. The van der Waals surface area contributed by atoms with Gasteiger partial charge in [0.1, 0.15) is 0 Å². The van der Waals surface area contributed by atoms with Gasteiger partial charge < -0.3 is 20.3 Å². The van der Waals surface area contributed by atoms with Crippen molar-refractivity contribution in [3.05, 3.63) is 0 Å². The summed E-state index contributed by atoms with van der Waals surface area (Å²) in [6, 6.07) is 1.14. The van der Waals surface area contributed by atoms with Gasteiger partial charge in [0.25, 0.3) is 0 Å². The molecule has 3 aliphatic rings. The van der Waals surface area contributed by atoms with E-state index >= 15 is 0 Å². The van der Waals surface area contributed by atoms with E-state index in [1.165, 1.54) is 25.7 Å². The minimum absolute atomic E-state index is 0.00170. The van der Waals surface area contributed by atoms with Crippen LogP contribution in [0.4, 0.5) is 4.79 Å². The maximum Gasteiger partial charge on any atom is 0.315 e. The van der Waals surface area contributed by atoms with E-state index in [9.17, 15) is 4.79 Å². The first-order valence-corrected chi connectivity index (χ1v) is 9.57. The highest BCUT2D eigenvalue weighted by atomic mass is 16.5. The third kappa shape index (κ3) is 5.08. The first-order chi connectivity index (χ1) is 11.2. The van der Waals surface area contributed by atoms with Crippen LogP contribution >= 0.6 is 0 Å². The van der Waals surface area contributed by atoms with E-state index in [0.717, 1.165) is 64.1 Å². The highest BCUT2D eigenvalue weighted by Crippen LogP contribution is 2.28. The Morgan fingerprint density at radius 2 is 1.83 bits per heavy atom. The van der Waals surface area contributed by atoms with Gasteiger partial charge in [-0.3, -0.25) is 0 Å². The van der Waals surface area contributed by atoms with E-state index < -0.39 is 0 Å². The average molecular weight is 323 g/mol. The second-order valence-corrected chi connectivity index (χ2v) is 7.81. The Balaban J connectivity index is 1.31. The fourth-order valence-corrected chi connectivity index (χ4v) is 4.23. The molecule has 2 saturated heterocycles. The van der Waals surface area contributed by atoms with Crippen molar-refractivity contribution in [3.8, 4) is 0 Å². The van der Waals surface area contributed by atoms with Crippen LogP contribution in [0.3, 0.4) is 0 Å². The summed E-state index contributed by atoms with van der Waals surface area (Å²) in [5.41, 5.74) is 0. The quantitative estimate of drug-likeness (QED) is 0.835. The molecular weight excluding hydrogens is 290 g/mol. The van der Waals surface area contributed by atoms with Crippen LogP contribution in [0, 0.1) is 11.8 Å². The van der Waals surface area contributed by atoms with Gasteiger partial charge in [-0.2, -0.15) is 0 Å². The van der Waals surface area contributed by atoms with Gasteiger partial charge in [-0.1, -0.05) is 6.92 Å². The molecule has 2 N–H and O–H groups in total. The molecule has 1 aliphatic carbocycles. The summed E-state index contributed by atoms with van der Waals surface area (Å²) >= 11 is 0. The van der Waals surface area contributed by atoms with E-state index in [-0.39, 0.29) is 6.03 Å². The number of nitrogens with zero attached hydrogens (tertiary/aromatic N) is 1. The number of hydrogen-bond acceptors (Lipinski definition) is 3. The summed E-state index contributed by atoms with van der Waals surface area (Å²) in [7, 11) is 0. The van der Waals surface area contributed by atoms with Gasteiger partial charge in [-0.05, 0) is 50.9 Å². The first-order valence-electron chi connectivity index (χ1n) is 9.57. The molecule has 2 heterocycles. The summed E-state index contributed by atoms with van der Waals surface area (Å²) in [5, 5.41) is 6.16. The molecule has 1 atom stereocenters. The number of rotatable bonds is 4. The predicted octanol–water partition coefficient (Wildman–Crippen LogP) is 2.37. The van der Waals surface area contributed by atoms with E-state index in [0.29, 0.717) is 12.0 Å². The smallest absolute Gasteiger partial charge is 0.315 e. The van der Waals surface area contributed by atoms with E-state index in [1.807, 2.05) is 0 Å². The number of urea groups is 1. The Kier molecular flexibility index (Phi) is 6.17. The third-order valence-corrected chi connectivity index (χ3v) is 5.94. The molecule has 1 saturated carbocycles. The van der Waals surface area contributed by atoms with Crippen LogP contribution in [-0.2, 0) is 4.74 Å². The summed E-state index contributed by atoms with van der Waals surface area (Å²) in [5.74, 6) is 1.41. The maximum atomic E-state index is 12.0. The maximum absolute atomic E-state index is 12.0. The summed E-state index contributed by atoms with van der Waals surface area (Å²) in [6.07, 6.45) is 8.75. The Labute approximate surface area is 140 Å². The number of carbonyl (C=O) groups excluding carboxylic acids is 1. The lowest BCUT2D eigenvalue weighted by Crippen LogP contribution is -2.51. The molecule has 23 heavy (non-hydrogen) atoms. The van der Waals surface area contributed by atoms with Gasteiger partial charge in [-0.15, -0.1) is 0 Å². The van der Waals surface area contributed by atoms with Crippen molar-refractivity contribution < 1.29 is 9.53 Å².